The number of aryl methyl sites for hydroxylation is 1. The highest BCUT2D eigenvalue weighted by molar-refractivity contribution is 7.18. The molecule has 138 valence electrons. The molecule has 4 rings (SSSR count). The number of fused-ring (bicyclic) bond motifs is 1. The van der Waals surface area contributed by atoms with Crippen molar-refractivity contribution in [2.24, 2.45) is 0 Å². The number of carbonyl (C=O) groups excluding carboxylic acids is 2. The lowest BCUT2D eigenvalue weighted by molar-refractivity contribution is -0.116. The number of nitrogens with zero attached hydrogens (tertiary/aromatic N) is 1. The first kappa shape index (κ1) is 17.7. The molecule has 1 aliphatic rings. The Morgan fingerprint density at radius 1 is 1.11 bits per heavy atom. The Morgan fingerprint density at radius 2 is 1.96 bits per heavy atom. The lowest BCUT2D eigenvalue weighted by atomic mass is 10.1. The van der Waals surface area contributed by atoms with E-state index in [1.165, 1.54) is 4.70 Å². The van der Waals surface area contributed by atoms with Gasteiger partial charge in [0.2, 0.25) is 5.91 Å². The van der Waals surface area contributed by atoms with Gasteiger partial charge in [0.25, 0.3) is 5.91 Å². The van der Waals surface area contributed by atoms with Gasteiger partial charge in [0.05, 0.1) is 15.2 Å². The first-order chi connectivity index (χ1) is 13.2. The minimum absolute atomic E-state index is 0.0455. The molecule has 3 aromatic rings. The van der Waals surface area contributed by atoms with E-state index in [-0.39, 0.29) is 11.8 Å². The molecule has 0 spiro atoms. The van der Waals surface area contributed by atoms with Gasteiger partial charge in [-0.1, -0.05) is 18.2 Å². The van der Waals surface area contributed by atoms with E-state index in [9.17, 15) is 9.59 Å². The SMILES string of the molecule is O=C(CCCc1nc2ccccc2s1)Nc1cccc(C(=O)NC2CC2)c1. The van der Waals surface area contributed by atoms with Crippen LogP contribution in [0.4, 0.5) is 5.69 Å². The highest BCUT2D eigenvalue weighted by atomic mass is 32.1. The van der Waals surface area contributed by atoms with Gasteiger partial charge in [-0.15, -0.1) is 11.3 Å². The molecule has 1 heterocycles. The van der Waals surface area contributed by atoms with Crippen molar-refractivity contribution < 1.29 is 9.59 Å². The topological polar surface area (TPSA) is 71.1 Å². The number of rotatable bonds is 7. The van der Waals surface area contributed by atoms with Crippen molar-refractivity contribution in [1.29, 1.82) is 0 Å². The summed E-state index contributed by atoms with van der Waals surface area (Å²) in [4.78, 5) is 28.9. The van der Waals surface area contributed by atoms with Gasteiger partial charge in [-0.2, -0.15) is 0 Å². The quantitative estimate of drug-likeness (QED) is 0.648. The highest BCUT2D eigenvalue weighted by Gasteiger charge is 2.23. The van der Waals surface area contributed by atoms with E-state index in [1.54, 1.807) is 35.6 Å². The standard InChI is InChI=1S/C21H21N3O2S/c25-19(9-4-10-20-24-17-7-1-2-8-18(17)27-20)22-16-6-3-5-14(13-16)21(26)23-15-11-12-15/h1-3,5-8,13,15H,4,9-12H2,(H,22,25)(H,23,26). The molecule has 0 radical (unpaired) electrons. The van der Waals surface area contributed by atoms with Gasteiger partial charge in [-0.25, -0.2) is 4.98 Å². The highest BCUT2D eigenvalue weighted by Crippen LogP contribution is 2.23. The van der Waals surface area contributed by atoms with Crippen molar-refractivity contribution in [1.82, 2.24) is 10.3 Å². The molecule has 5 nitrogen and oxygen atoms in total. The van der Waals surface area contributed by atoms with Crippen LogP contribution in [0, 0.1) is 0 Å². The van der Waals surface area contributed by atoms with Crippen LogP contribution < -0.4 is 10.6 Å². The van der Waals surface area contributed by atoms with Gasteiger partial charge in [-0.05, 0) is 56.0 Å². The Bertz CT molecular complexity index is 945. The first-order valence-electron chi connectivity index (χ1n) is 9.22. The summed E-state index contributed by atoms with van der Waals surface area (Å²) in [6.45, 7) is 0. The zero-order valence-corrected chi connectivity index (χ0v) is 15.7. The van der Waals surface area contributed by atoms with Gasteiger partial charge >= 0.3 is 0 Å². The average molecular weight is 379 g/mol. The van der Waals surface area contributed by atoms with E-state index < -0.39 is 0 Å². The average Bonchev–Trinajstić information content (AvgIpc) is 3.38. The van der Waals surface area contributed by atoms with Crippen LogP contribution in [0.3, 0.4) is 0 Å². The lowest BCUT2D eigenvalue weighted by Crippen LogP contribution is -2.25. The maximum Gasteiger partial charge on any atom is 0.251 e. The first-order valence-corrected chi connectivity index (χ1v) is 10.0. The predicted octanol–water partition coefficient (Wildman–Crippen LogP) is 4.15. The van der Waals surface area contributed by atoms with Crippen LogP contribution in [0.25, 0.3) is 10.2 Å². The number of hydrogen-bond acceptors (Lipinski definition) is 4. The molecule has 0 unspecified atom stereocenters. The molecule has 0 bridgehead atoms. The molecule has 1 saturated carbocycles. The second-order valence-electron chi connectivity index (χ2n) is 6.81. The van der Waals surface area contributed by atoms with E-state index >= 15 is 0 Å². The number of thiazole rings is 1. The van der Waals surface area contributed by atoms with Crippen LogP contribution in [0.15, 0.2) is 48.5 Å². The summed E-state index contributed by atoms with van der Waals surface area (Å²) in [5.41, 5.74) is 2.25. The molecular formula is C21H21N3O2S. The van der Waals surface area contributed by atoms with Crippen molar-refractivity contribution in [2.75, 3.05) is 5.32 Å². The Morgan fingerprint density at radius 3 is 2.78 bits per heavy atom. The molecule has 2 aromatic carbocycles. The summed E-state index contributed by atoms with van der Waals surface area (Å²) in [5, 5.41) is 6.90. The Kier molecular flexibility index (Phi) is 5.16. The number of anilines is 1. The second-order valence-corrected chi connectivity index (χ2v) is 7.92. The molecule has 0 atom stereocenters. The summed E-state index contributed by atoms with van der Waals surface area (Å²) >= 11 is 1.68. The summed E-state index contributed by atoms with van der Waals surface area (Å²) in [7, 11) is 0. The molecule has 27 heavy (non-hydrogen) atoms. The Hall–Kier alpha value is -2.73. The fourth-order valence-electron chi connectivity index (χ4n) is 2.89. The van der Waals surface area contributed by atoms with Crippen LogP contribution >= 0.6 is 11.3 Å². The van der Waals surface area contributed by atoms with Crippen LogP contribution in [-0.2, 0) is 11.2 Å². The Labute approximate surface area is 161 Å². The van der Waals surface area contributed by atoms with Gasteiger partial charge in [0.15, 0.2) is 0 Å². The largest absolute Gasteiger partial charge is 0.349 e. The van der Waals surface area contributed by atoms with Gasteiger partial charge in [-0.3, -0.25) is 9.59 Å². The van der Waals surface area contributed by atoms with E-state index in [1.807, 2.05) is 18.2 Å². The molecular weight excluding hydrogens is 358 g/mol. The van der Waals surface area contributed by atoms with Gasteiger partial charge in [0.1, 0.15) is 0 Å². The number of hydrogen-bond donors (Lipinski definition) is 2. The van der Waals surface area contributed by atoms with E-state index in [0.717, 1.165) is 36.2 Å². The van der Waals surface area contributed by atoms with Crippen molar-refractivity contribution in [3.63, 3.8) is 0 Å². The number of amides is 2. The zero-order valence-electron chi connectivity index (χ0n) is 14.9. The van der Waals surface area contributed by atoms with Crippen LogP contribution in [0.5, 0.6) is 0 Å². The number of carbonyl (C=O) groups is 2. The lowest BCUT2D eigenvalue weighted by Gasteiger charge is -2.08. The van der Waals surface area contributed by atoms with Gasteiger partial charge < -0.3 is 10.6 Å². The Balaban J connectivity index is 1.28. The third-order valence-electron chi connectivity index (χ3n) is 4.45. The van der Waals surface area contributed by atoms with Crippen molar-refractivity contribution >= 4 is 39.1 Å². The van der Waals surface area contributed by atoms with E-state index in [0.29, 0.717) is 23.7 Å². The maximum absolute atomic E-state index is 12.2. The molecule has 6 heteroatoms. The third kappa shape index (κ3) is 4.71. The smallest absolute Gasteiger partial charge is 0.251 e. The summed E-state index contributed by atoms with van der Waals surface area (Å²) in [5.74, 6) is -0.125. The van der Waals surface area contributed by atoms with E-state index in [2.05, 4.69) is 21.7 Å². The van der Waals surface area contributed by atoms with E-state index in [4.69, 9.17) is 0 Å². The minimum atomic E-state index is -0.0792. The fourth-order valence-corrected chi connectivity index (χ4v) is 3.89. The summed E-state index contributed by atoms with van der Waals surface area (Å²) in [6.07, 6.45) is 4.06. The molecule has 1 fully saturated rings. The number of benzene rings is 2. The number of para-hydroxylation sites is 1. The van der Waals surface area contributed by atoms with Gasteiger partial charge in [0, 0.05) is 23.7 Å². The maximum atomic E-state index is 12.2. The monoisotopic (exact) mass is 379 g/mol. The normalized spacial score (nSPS) is 13.5. The molecule has 2 N–H and O–H groups in total. The molecule has 2 amide bonds. The zero-order chi connectivity index (χ0) is 18.6. The fraction of sp³-hybridized carbons (Fsp3) is 0.286. The van der Waals surface area contributed by atoms with Crippen molar-refractivity contribution in [2.45, 2.75) is 38.1 Å². The van der Waals surface area contributed by atoms with Crippen LogP contribution in [0.2, 0.25) is 0 Å². The summed E-state index contributed by atoms with van der Waals surface area (Å²) in [6, 6.07) is 15.5. The van der Waals surface area contributed by atoms with Crippen LogP contribution in [-0.4, -0.2) is 22.8 Å². The minimum Gasteiger partial charge on any atom is -0.349 e. The van der Waals surface area contributed by atoms with Crippen molar-refractivity contribution in [3.05, 3.63) is 59.1 Å². The molecule has 0 aliphatic heterocycles. The predicted molar refractivity (Wildman–Crippen MR) is 108 cm³/mol. The number of nitrogens with one attached hydrogen (secondary N) is 2. The summed E-state index contributed by atoms with van der Waals surface area (Å²) < 4.78 is 1.18. The second kappa shape index (κ2) is 7.88. The third-order valence-corrected chi connectivity index (χ3v) is 5.55. The molecule has 1 aromatic heterocycles. The molecule has 0 saturated heterocycles. The molecule has 1 aliphatic carbocycles. The van der Waals surface area contributed by atoms with Crippen LogP contribution in [0.1, 0.15) is 41.0 Å². The van der Waals surface area contributed by atoms with Crippen molar-refractivity contribution in [3.8, 4) is 0 Å². The number of aromatic nitrogens is 1.